The highest BCUT2D eigenvalue weighted by molar-refractivity contribution is 5.62. The molecule has 0 radical (unpaired) electrons. The SMILES string of the molecule is Cc1cccc(C)c1OCc1cc(-c2ccc(N)cc2)n[nH]1. The number of nitrogens with two attached hydrogens (primary N) is 1. The number of aryl methyl sites for hydroxylation is 2. The Bertz CT molecular complexity index is 755. The molecule has 2 aromatic carbocycles. The Kier molecular flexibility index (Phi) is 3.83. The molecule has 0 amide bonds. The lowest BCUT2D eigenvalue weighted by atomic mass is 10.1. The van der Waals surface area contributed by atoms with Gasteiger partial charge in [0.2, 0.25) is 0 Å². The molecule has 1 heterocycles. The van der Waals surface area contributed by atoms with Gasteiger partial charge < -0.3 is 10.5 Å². The first-order chi connectivity index (χ1) is 10.6. The van der Waals surface area contributed by atoms with Crippen LogP contribution < -0.4 is 10.5 Å². The summed E-state index contributed by atoms with van der Waals surface area (Å²) in [5.74, 6) is 0.936. The predicted molar refractivity (Wildman–Crippen MR) is 88.7 cm³/mol. The molecule has 3 N–H and O–H groups in total. The third-order valence-electron chi connectivity index (χ3n) is 3.62. The van der Waals surface area contributed by atoms with Crippen LogP contribution in [0.2, 0.25) is 0 Å². The van der Waals surface area contributed by atoms with Crippen LogP contribution in [-0.4, -0.2) is 10.2 Å². The molecule has 0 saturated heterocycles. The maximum atomic E-state index is 5.93. The van der Waals surface area contributed by atoms with Crippen molar-refractivity contribution in [2.75, 3.05) is 5.73 Å². The number of anilines is 1. The van der Waals surface area contributed by atoms with Gasteiger partial charge in [-0.1, -0.05) is 30.3 Å². The molecule has 4 nitrogen and oxygen atoms in total. The number of aromatic nitrogens is 2. The van der Waals surface area contributed by atoms with Crippen LogP contribution in [0.3, 0.4) is 0 Å². The van der Waals surface area contributed by atoms with Crippen molar-refractivity contribution < 1.29 is 4.74 Å². The molecule has 0 fully saturated rings. The lowest BCUT2D eigenvalue weighted by Gasteiger charge is -2.10. The summed E-state index contributed by atoms with van der Waals surface area (Å²) in [5.41, 5.74) is 11.6. The van der Waals surface area contributed by atoms with Crippen molar-refractivity contribution in [3.63, 3.8) is 0 Å². The first-order valence-corrected chi connectivity index (χ1v) is 7.22. The summed E-state index contributed by atoms with van der Waals surface area (Å²) < 4.78 is 5.93. The van der Waals surface area contributed by atoms with Crippen molar-refractivity contribution in [3.05, 3.63) is 65.4 Å². The fraction of sp³-hybridized carbons (Fsp3) is 0.167. The summed E-state index contributed by atoms with van der Waals surface area (Å²) in [4.78, 5) is 0. The lowest BCUT2D eigenvalue weighted by Crippen LogP contribution is -1.99. The molecule has 112 valence electrons. The van der Waals surface area contributed by atoms with E-state index >= 15 is 0 Å². The van der Waals surface area contributed by atoms with Crippen molar-refractivity contribution >= 4 is 5.69 Å². The molecule has 0 aliphatic heterocycles. The minimum absolute atomic E-state index is 0.466. The van der Waals surface area contributed by atoms with Gasteiger partial charge in [-0.15, -0.1) is 0 Å². The second-order valence-electron chi connectivity index (χ2n) is 5.41. The van der Waals surface area contributed by atoms with E-state index in [2.05, 4.69) is 36.2 Å². The normalized spacial score (nSPS) is 10.6. The molecule has 3 aromatic rings. The van der Waals surface area contributed by atoms with Crippen molar-refractivity contribution in [2.45, 2.75) is 20.5 Å². The van der Waals surface area contributed by atoms with E-state index in [4.69, 9.17) is 10.5 Å². The van der Waals surface area contributed by atoms with E-state index in [0.29, 0.717) is 6.61 Å². The molecule has 0 unspecified atom stereocenters. The van der Waals surface area contributed by atoms with Crippen molar-refractivity contribution in [2.24, 2.45) is 0 Å². The zero-order chi connectivity index (χ0) is 15.5. The zero-order valence-corrected chi connectivity index (χ0v) is 12.8. The molecule has 0 atom stereocenters. The maximum absolute atomic E-state index is 5.93. The molecule has 1 aromatic heterocycles. The second-order valence-corrected chi connectivity index (χ2v) is 5.41. The average molecular weight is 293 g/mol. The number of aromatic amines is 1. The topological polar surface area (TPSA) is 63.9 Å². The molecule has 4 heteroatoms. The Hall–Kier alpha value is -2.75. The van der Waals surface area contributed by atoms with Gasteiger partial charge in [-0.05, 0) is 43.2 Å². The number of para-hydroxylation sites is 1. The van der Waals surface area contributed by atoms with Gasteiger partial charge in [0, 0.05) is 11.3 Å². The van der Waals surface area contributed by atoms with E-state index in [-0.39, 0.29) is 0 Å². The fourth-order valence-corrected chi connectivity index (χ4v) is 2.41. The van der Waals surface area contributed by atoms with Gasteiger partial charge >= 0.3 is 0 Å². The monoisotopic (exact) mass is 293 g/mol. The Morgan fingerprint density at radius 3 is 2.41 bits per heavy atom. The summed E-state index contributed by atoms with van der Waals surface area (Å²) in [6.07, 6.45) is 0. The van der Waals surface area contributed by atoms with Crippen LogP contribution in [0.5, 0.6) is 5.75 Å². The molecule has 3 rings (SSSR count). The van der Waals surface area contributed by atoms with Crippen LogP contribution in [0.4, 0.5) is 5.69 Å². The first kappa shape index (κ1) is 14.2. The van der Waals surface area contributed by atoms with E-state index < -0.39 is 0 Å². The largest absolute Gasteiger partial charge is 0.487 e. The summed E-state index contributed by atoms with van der Waals surface area (Å²) in [5, 5.41) is 7.35. The predicted octanol–water partition coefficient (Wildman–Crippen LogP) is 3.85. The van der Waals surface area contributed by atoms with Gasteiger partial charge in [-0.25, -0.2) is 0 Å². The highest BCUT2D eigenvalue weighted by atomic mass is 16.5. The Morgan fingerprint density at radius 1 is 1.05 bits per heavy atom. The number of nitrogens with zero attached hydrogens (tertiary/aromatic N) is 1. The highest BCUT2D eigenvalue weighted by Gasteiger charge is 2.07. The minimum Gasteiger partial charge on any atom is -0.487 e. The summed E-state index contributed by atoms with van der Waals surface area (Å²) in [6.45, 7) is 4.57. The van der Waals surface area contributed by atoms with Crippen molar-refractivity contribution in [1.29, 1.82) is 0 Å². The molecule has 0 aliphatic carbocycles. The number of hydrogen-bond acceptors (Lipinski definition) is 3. The first-order valence-electron chi connectivity index (χ1n) is 7.22. The van der Waals surface area contributed by atoms with Crippen LogP contribution in [0.15, 0.2) is 48.5 Å². The van der Waals surface area contributed by atoms with E-state index in [9.17, 15) is 0 Å². The number of hydrogen-bond donors (Lipinski definition) is 2. The van der Waals surface area contributed by atoms with Crippen LogP contribution in [0, 0.1) is 13.8 Å². The lowest BCUT2D eigenvalue weighted by molar-refractivity contribution is 0.297. The van der Waals surface area contributed by atoms with Crippen LogP contribution in [0.25, 0.3) is 11.3 Å². The molecule has 0 bridgehead atoms. The Labute approximate surface area is 129 Å². The standard InChI is InChI=1S/C18H19N3O/c1-12-4-3-5-13(2)18(12)22-11-16-10-17(21-20-16)14-6-8-15(19)9-7-14/h3-10H,11,19H2,1-2H3,(H,20,21). The molecule has 22 heavy (non-hydrogen) atoms. The number of rotatable bonds is 4. The fourth-order valence-electron chi connectivity index (χ4n) is 2.41. The van der Waals surface area contributed by atoms with Crippen LogP contribution in [0.1, 0.15) is 16.8 Å². The average Bonchev–Trinajstić information content (AvgIpc) is 2.96. The summed E-state index contributed by atoms with van der Waals surface area (Å²) in [6, 6.07) is 15.8. The number of H-pyrrole nitrogens is 1. The molecule has 0 aliphatic rings. The van der Waals surface area contributed by atoms with Crippen molar-refractivity contribution in [1.82, 2.24) is 10.2 Å². The molecular formula is C18H19N3O. The number of nitrogen functional groups attached to an aromatic ring is 1. The Morgan fingerprint density at radius 2 is 1.73 bits per heavy atom. The van der Waals surface area contributed by atoms with Gasteiger partial charge in [0.05, 0.1) is 11.4 Å². The number of benzene rings is 2. The van der Waals surface area contributed by atoms with Gasteiger partial charge in [0.25, 0.3) is 0 Å². The summed E-state index contributed by atoms with van der Waals surface area (Å²) >= 11 is 0. The number of ether oxygens (including phenoxy) is 1. The maximum Gasteiger partial charge on any atom is 0.130 e. The van der Waals surface area contributed by atoms with Gasteiger partial charge in [-0.2, -0.15) is 5.10 Å². The van der Waals surface area contributed by atoms with Gasteiger partial charge in [0.1, 0.15) is 12.4 Å². The number of nitrogens with one attached hydrogen (secondary N) is 1. The van der Waals surface area contributed by atoms with E-state index in [1.807, 2.05) is 36.4 Å². The molecule has 0 spiro atoms. The van der Waals surface area contributed by atoms with Gasteiger partial charge in [0.15, 0.2) is 0 Å². The van der Waals surface area contributed by atoms with E-state index in [1.165, 1.54) is 0 Å². The molecule has 0 saturated carbocycles. The minimum atomic E-state index is 0.466. The van der Waals surface area contributed by atoms with Crippen molar-refractivity contribution in [3.8, 4) is 17.0 Å². The highest BCUT2D eigenvalue weighted by Crippen LogP contribution is 2.24. The van der Waals surface area contributed by atoms with E-state index in [1.54, 1.807) is 0 Å². The van der Waals surface area contributed by atoms with Gasteiger partial charge in [-0.3, -0.25) is 5.10 Å². The Balaban J connectivity index is 1.73. The smallest absolute Gasteiger partial charge is 0.130 e. The quantitative estimate of drug-likeness (QED) is 0.718. The van der Waals surface area contributed by atoms with E-state index in [0.717, 1.165) is 39.5 Å². The zero-order valence-electron chi connectivity index (χ0n) is 12.8. The third-order valence-corrected chi connectivity index (χ3v) is 3.62. The molecular weight excluding hydrogens is 274 g/mol. The third kappa shape index (κ3) is 2.96. The van der Waals surface area contributed by atoms with Crippen LogP contribution >= 0.6 is 0 Å². The summed E-state index contributed by atoms with van der Waals surface area (Å²) in [7, 11) is 0. The second kappa shape index (κ2) is 5.93. The van der Waals surface area contributed by atoms with Crippen LogP contribution in [-0.2, 0) is 6.61 Å².